The lowest BCUT2D eigenvalue weighted by atomic mass is 9.81. The van der Waals surface area contributed by atoms with E-state index in [1.54, 1.807) is 24.5 Å². The third kappa shape index (κ3) is 2.97. The van der Waals surface area contributed by atoms with Gasteiger partial charge in [-0.15, -0.1) is 0 Å². The zero-order valence-electron chi connectivity index (χ0n) is 17.0. The molecule has 5 heteroatoms. The highest BCUT2D eigenvalue weighted by Crippen LogP contribution is 2.49. The molecule has 1 aromatic heterocycles. The Balaban J connectivity index is 1.61. The number of aliphatic hydroxyl groups excluding tert-OH is 1. The summed E-state index contributed by atoms with van der Waals surface area (Å²) < 4.78 is 0. The third-order valence-electron chi connectivity index (χ3n) is 6.64. The van der Waals surface area contributed by atoms with E-state index in [-0.39, 0.29) is 30.5 Å². The molecule has 2 aromatic carbocycles. The summed E-state index contributed by atoms with van der Waals surface area (Å²) in [6.45, 7) is 0.769. The van der Waals surface area contributed by atoms with Gasteiger partial charge in [-0.1, -0.05) is 36.4 Å². The molecule has 3 heterocycles. The van der Waals surface area contributed by atoms with Crippen LogP contribution in [0.2, 0.25) is 0 Å². The van der Waals surface area contributed by atoms with E-state index in [1.165, 1.54) is 0 Å². The smallest absolute Gasteiger partial charge is 0.254 e. The minimum atomic E-state index is -0.0438. The molecule has 3 atom stereocenters. The Kier molecular flexibility index (Phi) is 4.75. The molecule has 5 rings (SSSR count). The van der Waals surface area contributed by atoms with Gasteiger partial charge in [0.25, 0.3) is 5.91 Å². The first kappa shape index (κ1) is 18.8. The molecule has 0 bridgehead atoms. The van der Waals surface area contributed by atoms with Gasteiger partial charge in [-0.05, 0) is 47.4 Å². The van der Waals surface area contributed by atoms with Crippen molar-refractivity contribution >= 4 is 11.6 Å². The predicted octanol–water partition coefficient (Wildman–Crippen LogP) is 3.76. The minimum Gasteiger partial charge on any atom is -0.394 e. The van der Waals surface area contributed by atoms with E-state index in [4.69, 9.17) is 0 Å². The van der Waals surface area contributed by atoms with E-state index in [0.717, 1.165) is 28.8 Å². The average Bonchev–Trinajstić information content (AvgIpc) is 3.25. The number of pyridine rings is 1. The number of nitrogens with zero attached hydrogens (tertiary/aromatic N) is 3. The first-order valence-corrected chi connectivity index (χ1v) is 10.4. The summed E-state index contributed by atoms with van der Waals surface area (Å²) in [6, 6.07) is 20.3. The van der Waals surface area contributed by atoms with Crippen LogP contribution in [-0.4, -0.2) is 47.1 Å². The summed E-state index contributed by atoms with van der Waals surface area (Å²) in [5.74, 6) is 0.228. The van der Waals surface area contributed by atoms with Crippen molar-refractivity contribution in [1.29, 1.82) is 0 Å². The average molecular weight is 399 g/mol. The molecule has 1 saturated heterocycles. The summed E-state index contributed by atoms with van der Waals surface area (Å²) in [6.07, 6.45) is 4.20. The molecule has 2 aliphatic heterocycles. The van der Waals surface area contributed by atoms with Gasteiger partial charge in [0.2, 0.25) is 0 Å². The van der Waals surface area contributed by atoms with Gasteiger partial charge in [0.1, 0.15) is 0 Å². The van der Waals surface area contributed by atoms with Gasteiger partial charge in [-0.2, -0.15) is 0 Å². The van der Waals surface area contributed by atoms with Gasteiger partial charge >= 0.3 is 0 Å². The van der Waals surface area contributed by atoms with E-state index >= 15 is 0 Å². The van der Waals surface area contributed by atoms with Gasteiger partial charge in [-0.3, -0.25) is 9.78 Å². The summed E-state index contributed by atoms with van der Waals surface area (Å²) >= 11 is 0. The fourth-order valence-corrected chi connectivity index (χ4v) is 5.15. The molecule has 0 aliphatic carbocycles. The van der Waals surface area contributed by atoms with Gasteiger partial charge in [0.15, 0.2) is 0 Å². The standard InChI is InChI=1S/C25H25N3O2/c1-27-22-8-7-19(17-5-3-2-4-6-17)15-21(22)24-20(23(27)16-29)11-14-28(24)25(30)18-9-12-26-13-10-18/h2-10,12-13,15,20,23-24,29H,11,14,16H2,1H3/t20-,23-,24-/m0/s1. The van der Waals surface area contributed by atoms with Gasteiger partial charge in [0, 0.05) is 43.2 Å². The number of rotatable bonds is 3. The minimum absolute atomic E-state index is 0.000292. The first-order valence-electron chi connectivity index (χ1n) is 10.4. The molecule has 30 heavy (non-hydrogen) atoms. The lowest BCUT2D eigenvalue weighted by Gasteiger charge is -2.44. The Labute approximate surface area is 176 Å². The predicted molar refractivity (Wildman–Crippen MR) is 117 cm³/mol. The maximum atomic E-state index is 13.4. The largest absolute Gasteiger partial charge is 0.394 e. The number of anilines is 1. The molecule has 0 unspecified atom stereocenters. The lowest BCUT2D eigenvalue weighted by Crippen LogP contribution is -2.48. The summed E-state index contributed by atoms with van der Waals surface area (Å²) in [5, 5.41) is 10.2. The number of benzene rings is 2. The highest BCUT2D eigenvalue weighted by Gasteiger charge is 2.47. The monoisotopic (exact) mass is 399 g/mol. The second-order valence-electron chi connectivity index (χ2n) is 8.13. The molecule has 0 saturated carbocycles. The molecule has 2 aliphatic rings. The Morgan fingerprint density at radius 1 is 1.07 bits per heavy atom. The maximum absolute atomic E-state index is 13.4. The van der Waals surface area contributed by atoms with E-state index in [0.29, 0.717) is 12.1 Å². The normalized spacial score (nSPS) is 22.5. The molecule has 152 valence electrons. The Morgan fingerprint density at radius 2 is 1.83 bits per heavy atom. The number of fused-ring (bicyclic) bond motifs is 3. The van der Waals surface area contributed by atoms with Gasteiger partial charge in [0.05, 0.1) is 18.7 Å². The SMILES string of the molecule is CN1c2ccc(-c3ccccc3)cc2[C@@H]2[C@@H](CCN2C(=O)c2ccncc2)[C@@H]1CO. The Morgan fingerprint density at radius 3 is 2.57 bits per heavy atom. The van der Waals surface area contributed by atoms with Gasteiger partial charge in [-0.25, -0.2) is 0 Å². The summed E-state index contributed by atoms with van der Waals surface area (Å²) in [4.78, 5) is 21.6. The van der Waals surface area contributed by atoms with Gasteiger partial charge < -0.3 is 14.9 Å². The number of carbonyl (C=O) groups excluding carboxylic acids is 1. The van der Waals surface area contributed by atoms with Crippen molar-refractivity contribution in [2.75, 3.05) is 25.1 Å². The highest BCUT2D eigenvalue weighted by molar-refractivity contribution is 5.95. The number of amides is 1. The highest BCUT2D eigenvalue weighted by atomic mass is 16.3. The van der Waals surface area contributed by atoms with E-state index in [1.807, 2.05) is 30.1 Å². The molecule has 5 nitrogen and oxygen atoms in total. The van der Waals surface area contributed by atoms with Crippen molar-refractivity contribution in [2.45, 2.75) is 18.5 Å². The van der Waals surface area contributed by atoms with Crippen molar-refractivity contribution in [3.8, 4) is 11.1 Å². The van der Waals surface area contributed by atoms with E-state index in [2.05, 4.69) is 40.2 Å². The zero-order chi connectivity index (χ0) is 20.7. The Bertz CT molecular complexity index is 1050. The molecule has 3 aromatic rings. The van der Waals surface area contributed by atoms with E-state index in [9.17, 15) is 9.90 Å². The van der Waals surface area contributed by atoms with Crippen LogP contribution in [0.15, 0.2) is 73.1 Å². The molecule has 1 fully saturated rings. The quantitative estimate of drug-likeness (QED) is 0.729. The summed E-state index contributed by atoms with van der Waals surface area (Å²) in [7, 11) is 2.05. The van der Waals surface area contributed by atoms with E-state index < -0.39 is 0 Å². The molecule has 0 spiro atoms. The Hall–Kier alpha value is -3.18. The van der Waals surface area contributed by atoms with Crippen LogP contribution < -0.4 is 4.90 Å². The van der Waals surface area contributed by atoms with Crippen LogP contribution in [-0.2, 0) is 0 Å². The zero-order valence-corrected chi connectivity index (χ0v) is 17.0. The second-order valence-corrected chi connectivity index (χ2v) is 8.13. The number of hydrogen-bond acceptors (Lipinski definition) is 4. The second kappa shape index (κ2) is 7.58. The first-order chi connectivity index (χ1) is 14.7. The number of likely N-dealkylation sites (tertiary alicyclic amines) is 1. The number of likely N-dealkylation sites (N-methyl/N-ethyl adjacent to an activating group) is 1. The van der Waals surface area contributed by atoms with Crippen molar-refractivity contribution in [2.24, 2.45) is 5.92 Å². The lowest BCUT2D eigenvalue weighted by molar-refractivity contribution is 0.0694. The molecule has 1 amide bonds. The summed E-state index contributed by atoms with van der Waals surface area (Å²) in [5.41, 5.74) is 5.21. The van der Waals surface area contributed by atoms with Crippen LogP contribution in [0.25, 0.3) is 11.1 Å². The number of aliphatic hydroxyl groups is 1. The number of carbonyl (C=O) groups is 1. The third-order valence-corrected chi connectivity index (χ3v) is 6.64. The molecule has 0 radical (unpaired) electrons. The fraction of sp³-hybridized carbons (Fsp3) is 0.280. The van der Waals surface area contributed by atoms with Crippen LogP contribution in [0.4, 0.5) is 5.69 Å². The number of aromatic nitrogens is 1. The number of hydrogen-bond donors (Lipinski definition) is 1. The topological polar surface area (TPSA) is 56.7 Å². The van der Waals surface area contributed by atoms with Crippen molar-refractivity contribution < 1.29 is 9.90 Å². The molecule has 1 N–H and O–H groups in total. The van der Waals surface area contributed by atoms with Crippen molar-refractivity contribution in [1.82, 2.24) is 9.88 Å². The van der Waals surface area contributed by atoms with Crippen molar-refractivity contribution in [3.63, 3.8) is 0 Å². The molecular formula is C25H25N3O2. The molecular weight excluding hydrogens is 374 g/mol. The van der Waals surface area contributed by atoms with Crippen LogP contribution in [0.3, 0.4) is 0 Å². The van der Waals surface area contributed by atoms with Crippen LogP contribution in [0, 0.1) is 5.92 Å². The van der Waals surface area contributed by atoms with Crippen LogP contribution in [0.1, 0.15) is 28.4 Å². The van der Waals surface area contributed by atoms with Crippen LogP contribution >= 0.6 is 0 Å². The van der Waals surface area contributed by atoms with Crippen molar-refractivity contribution in [3.05, 3.63) is 84.2 Å². The maximum Gasteiger partial charge on any atom is 0.254 e. The fourth-order valence-electron chi connectivity index (χ4n) is 5.15. The van der Waals surface area contributed by atoms with Crippen LogP contribution in [0.5, 0.6) is 0 Å².